The summed E-state index contributed by atoms with van der Waals surface area (Å²) in [6.07, 6.45) is 46.7. The lowest BCUT2D eigenvalue weighted by atomic mass is 10.0. The van der Waals surface area contributed by atoms with Crippen LogP contribution >= 0.6 is 0 Å². The Balaban J connectivity index is 4.41. The molecule has 0 bridgehead atoms. The average Bonchev–Trinajstić information content (AvgIpc) is 3.15. The van der Waals surface area contributed by atoms with E-state index in [1.165, 1.54) is 64.2 Å². The standard InChI is InChI=1S/C48H83NO7/c1-6-8-10-12-14-16-18-20-21-22-23-24-25-27-29-31-33-35-37-39-47(51)56-44(42-54-41-40-45(48(52)53)49(3,4)5)43-55-46(50)38-36-34-32-30-28-26-19-17-15-13-11-9-7-2/h8,10,14,16,20-21,23-24,27,29,44-45H,6-7,9,11-13,15,17-19,22,25-26,28,30-43H2,1-5H3/b10-8-,16-14-,21-20-,24-23-,29-27-. The first-order valence-corrected chi connectivity index (χ1v) is 22.3. The minimum Gasteiger partial charge on any atom is -0.544 e. The van der Waals surface area contributed by atoms with Crippen molar-refractivity contribution < 1.29 is 38.2 Å². The molecule has 0 N–H and O–H groups in total. The summed E-state index contributed by atoms with van der Waals surface area (Å²) in [5, 5.41) is 11.6. The van der Waals surface area contributed by atoms with Gasteiger partial charge in [0.25, 0.3) is 0 Å². The van der Waals surface area contributed by atoms with E-state index < -0.39 is 18.1 Å². The third-order valence-corrected chi connectivity index (χ3v) is 9.67. The summed E-state index contributed by atoms with van der Waals surface area (Å²) < 4.78 is 17.1. The van der Waals surface area contributed by atoms with Crippen LogP contribution in [0.5, 0.6) is 0 Å². The lowest BCUT2D eigenvalue weighted by Crippen LogP contribution is -2.55. The number of esters is 2. The lowest BCUT2D eigenvalue weighted by Gasteiger charge is -2.34. The number of aliphatic carboxylic acids is 1. The van der Waals surface area contributed by atoms with Crippen LogP contribution in [0.15, 0.2) is 60.8 Å². The maximum atomic E-state index is 12.7. The summed E-state index contributed by atoms with van der Waals surface area (Å²) in [7, 11) is 5.39. The number of carboxylic acids is 1. The number of allylic oxidation sites excluding steroid dienone is 10. The SMILES string of the molecule is CC/C=C\C/C=C\C/C=C\C/C=C\C/C=C\CCCCCC(=O)OC(COCCC(C(=O)[O-])[N+](C)(C)C)COC(=O)CCCCCCCCCCCCCCC. The van der Waals surface area contributed by atoms with E-state index in [2.05, 4.69) is 74.6 Å². The first kappa shape index (κ1) is 53.0. The molecule has 0 spiro atoms. The molecule has 8 heteroatoms. The van der Waals surface area contributed by atoms with Gasteiger partial charge >= 0.3 is 11.9 Å². The summed E-state index contributed by atoms with van der Waals surface area (Å²) in [6, 6.07) is -0.733. The second kappa shape index (κ2) is 38.9. The number of unbranched alkanes of at least 4 members (excludes halogenated alkanes) is 15. The summed E-state index contributed by atoms with van der Waals surface area (Å²) in [6.45, 7) is 4.51. The molecule has 0 aliphatic heterocycles. The Hall–Kier alpha value is -2.97. The van der Waals surface area contributed by atoms with Crippen LogP contribution in [-0.2, 0) is 28.6 Å². The predicted octanol–water partition coefficient (Wildman–Crippen LogP) is 10.9. The van der Waals surface area contributed by atoms with Crippen molar-refractivity contribution in [3.63, 3.8) is 0 Å². The molecule has 8 nitrogen and oxygen atoms in total. The molecule has 0 fully saturated rings. The van der Waals surface area contributed by atoms with E-state index in [-0.39, 0.29) is 49.1 Å². The van der Waals surface area contributed by atoms with E-state index >= 15 is 0 Å². The van der Waals surface area contributed by atoms with Gasteiger partial charge < -0.3 is 28.6 Å². The number of likely N-dealkylation sites (N-methyl/N-ethyl adjacent to an activating group) is 1. The van der Waals surface area contributed by atoms with Gasteiger partial charge in [0.15, 0.2) is 6.10 Å². The maximum Gasteiger partial charge on any atom is 0.306 e. The Labute approximate surface area is 343 Å². The Kier molecular flexibility index (Phi) is 36.8. The van der Waals surface area contributed by atoms with E-state index in [0.717, 1.165) is 70.6 Å². The lowest BCUT2D eigenvalue weighted by molar-refractivity contribution is -0.889. The van der Waals surface area contributed by atoms with Gasteiger partial charge in [-0.15, -0.1) is 0 Å². The molecule has 0 heterocycles. The molecule has 322 valence electrons. The van der Waals surface area contributed by atoms with Crippen LogP contribution < -0.4 is 5.11 Å². The van der Waals surface area contributed by atoms with Gasteiger partial charge in [-0.2, -0.15) is 0 Å². The number of ether oxygens (including phenoxy) is 3. The van der Waals surface area contributed by atoms with Crippen molar-refractivity contribution in [1.29, 1.82) is 0 Å². The summed E-state index contributed by atoms with van der Waals surface area (Å²) in [5.74, 6) is -1.78. The zero-order valence-electron chi connectivity index (χ0n) is 36.5. The molecule has 0 rings (SSSR count). The molecular weight excluding hydrogens is 703 g/mol. The summed E-state index contributed by atoms with van der Waals surface area (Å²) in [4.78, 5) is 36.8. The highest BCUT2D eigenvalue weighted by molar-refractivity contribution is 5.70. The van der Waals surface area contributed by atoms with Crippen molar-refractivity contribution in [2.24, 2.45) is 0 Å². The highest BCUT2D eigenvalue weighted by atomic mass is 16.6. The van der Waals surface area contributed by atoms with E-state index in [0.29, 0.717) is 12.8 Å². The van der Waals surface area contributed by atoms with Crippen molar-refractivity contribution in [2.75, 3.05) is 41.0 Å². The zero-order chi connectivity index (χ0) is 41.4. The Morgan fingerprint density at radius 2 is 1.00 bits per heavy atom. The number of carboxylic acid groups (broad SMARTS) is 1. The second-order valence-corrected chi connectivity index (χ2v) is 15.9. The molecule has 0 aliphatic rings. The van der Waals surface area contributed by atoms with Crippen LogP contribution in [0.1, 0.15) is 174 Å². The molecule has 0 saturated carbocycles. The number of carbonyl (C=O) groups excluding carboxylic acids is 3. The van der Waals surface area contributed by atoms with Gasteiger partial charge in [-0.05, 0) is 57.8 Å². The molecule has 0 radical (unpaired) electrons. The van der Waals surface area contributed by atoms with Crippen molar-refractivity contribution in [1.82, 2.24) is 0 Å². The normalized spacial score (nSPS) is 13.5. The second-order valence-electron chi connectivity index (χ2n) is 15.9. The molecule has 0 aromatic heterocycles. The first-order chi connectivity index (χ1) is 27.1. The molecule has 0 saturated heterocycles. The minimum absolute atomic E-state index is 0.0265. The quantitative estimate of drug-likeness (QED) is 0.0265. The third-order valence-electron chi connectivity index (χ3n) is 9.67. The van der Waals surface area contributed by atoms with Crippen LogP contribution in [0.25, 0.3) is 0 Å². The number of quaternary nitrogens is 1. The average molecular weight is 786 g/mol. The highest BCUT2D eigenvalue weighted by Crippen LogP contribution is 2.14. The number of nitrogens with zero attached hydrogens (tertiary/aromatic N) is 1. The van der Waals surface area contributed by atoms with Gasteiger partial charge in [-0.1, -0.05) is 158 Å². The highest BCUT2D eigenvalue weighted by Gasteiger charge is 2.25. The van der Waals surface area contributed by atoms with Crippen LogP contribution in [0.3, 0.4) is 0 Å². The van der Waals surface area contributed by atoms with E-state index in [9.17, 15) is 19.5 Å². The van der Waals surface area contributed by atoms with Crippen molar-refractivity contribution in [3.8, 4) is 0 Å². The topological polar surface area (TPSA) is 102 Å². The van der Waals surface area contributed by atoms with Crippen LogP contribution in [0.4, 0.5) is 0 Å². The fraction of sp³-hybridized carbons (Fsp3) is 0.729. The third kappa shape index (κ3) is 36.7. The molecule has 0 aliphatic carbocycles. The Bertz CT molecular complexity index is 1100. The summed E-state index contributed by atoms with van der Waals surface area (Å²) in [5.41, 5.74) is 0. The zero-order valence-corrected chi connectivity index (χ0v) is 36.5. The number of hydrogen-bond donors (Lipinski definition) is 0. The smallest absolute Gasteiger partial charge is 0.306 e. The van der Waals surface area contributed by atoms with Gasteiger partial charge in [-0.3, -0.25) is 9.59 Å². The van der Waals surface area contributed by atoms with Crippen LogP contribution in [-0.4, -0.2) is 75.5 Å². The Morgan fingerprint density at radius 3 is 1.48 bits per heavy atom. The van der Waals surface area contributed by atoms with Gasteiger partial charge in [0.2, 0.25) is 0 Å². The van der Waals surface area contributed by atoms with Crippen LogP contribution in [0.2, 0.25) is 0 Å². The number of rotatable bonds is 39. The molecule has 2 unspecified atom stereocenters. The molecular formula is C48H83NO7. The summed E-state index contributed by atoms with van der Waals surface area (Å²) >= 11 is 0. The van der Waals surface area contributed by atoms with E-state index in [1.54, 1.807) is 21.1 Å². The first-order valence-electron chi connectivity index (χ1n) is 22.3. The van der Waals surface area contributed by atoms with E-state index in [4.69, 9.17) is 14.2 Å². The van der Waals surface area contributed by atoms with Gasteiger partial charge in [0, 0.05) is 19.3 Å². The largest absolute Gasteiger partial charge is 0.544 e. The van der Waals surface area contributed by atoms with Gasteiger partial charge in [0.1, 0.15) is 12.6 Å². The fourth-order valence-corrected chi connectivity index (χ4v) is 6.21. The molecule has 0 aromatic rings. The van der Waals surface area contributed by atoms with Gasteiger partial charge in [0.05, 0.1) is 40.3 Å². The number of hydrogen-bond acceptors (Lipinski definition) is 7. The fourth-order valence-electron chi connectivity index (χ4n) is 6.21. The van der Waals surface area contributed by atoms with Crippen molar-refractivity contribution in [2.45, 2.75) is 187 Å². The monoisotopic (exact) mass is 786 g/mol. The van der Waals surface area contributed by atoms with E-state index in [1.807, 2.05) is 0 Å². The number of carbonyl (C=O) groups is 3. The Morgan fingerprint density at radius 1 is 0.554 bits per heavy atom. The maximum absolute atomic E-state index is 12.7. The van der Waals surface area contributed by atoms with Crippen molar-refractivity contribution in [3.05, 3.63) is 60.8 Å². The minimum atomic E-state index is -1.13. The molecule has 2 atom stereocenters. The predicted molar refractivity (Wildman–Crippen MR) is 231 cm³/mol. The molecule has 0 amide bonds. The molecule has 0 aromatic carbocycles. The van der Waals surface area contributed by atoms with Crippen LogP contribution in [0, 0.1) is 0 Å². The van der Waals surface area contributed by atoms with Crippen molar-refractivity contribution >= 4 is 17.9 Å². The molecule has 56 heavy (non-hydrogen) atoms. The van der Waals surface area contributed by atoms with Gasteiger partial charge in [-0.25, -0.2) is 0 Å².